The lowest BCUT2D eigenvalue weighted by molar-refractivity contribution is 0.180. The summed E-state index contributed by atoms with van der Waals surface area (Å²) in [5.41, 5.74) is 0. The lowest BCUT2D eigenvalue weighted by Gasteiger charge is -2.26. The van der Waals surface area contributed by atoms with Gasteiger partial charge in [0.25, 0.3) is 0 Å². The molecule has 8 heteroatoms. The first-order valence-corrected chi connectivity index (χ1v) is 8.34. The van der Waals surface area contributed by atoms with Gasteiger partial charge < -0.3 is 19.5 Å². The van der Waals surface area contributed by atoms with E-state index < -0.39 is 0 Å². The summed E-state index contributed by atoms with van der Waals surface area (Å²) in [7, 11) is 1.88. The molecule has 2 atom stereocenters. The molecule has 0 saturated carbocycles. The lowest BCUT2D eigenvalue weighted by atomic mass is 10.2. The summed E-state index contributed by atoms with van der Waals surface area (Å²) >= 11 is 0. The van der Waals surface area contributed by atoms with Crippen molar-refractivity contribution < 1.29 is 13.9 Å². The third-order valence-corrected chi connectivity index (χ3v) is 4.24. The standard InChI is InChI=1S/C17H22FN5O2/c1-12(10-25-14-7-5-13(18)6-8-14)20-17(24)23-9-3-4-15(23)16-21-19-11-22(16)2/h5-8,11-12,15H,3-4,9-10H2,1-2H3,(H,20,24)/t12-,15+/m0/s1. The Morgan fingerprint density at radius 3 is 2.88 bits per heavy atom. The van der Waals surface area contributed by atoms with Crippen molar-refractivity contribution in [3.8, 4) is 5.75 Å². The fourth-order valence-corrected chi connectivity index (χ4v) is 2.96. The van der Waals surface area contributed by atoms with E-state index in [1.807, 2.05) is 18.5 Å². The molecule has 1 saturated heterocycles. The third-order valence-electron chi connectivity index (χ3n) is 4.24. The zero-order chi connectivity index (χ0) is 17.8. The number of ether oxygens (including phenoxy) is 1. The van der Waals surface area contributed by atoms with Crippen molar-refractivity contribution in [1.82, 2.24) is 25.0 Å². The average Bonchev–Trinajstić information content (AvgIpc) is 3.22. The third kappa shape index (κ3) is 4.07. The van der Waals surface area contributed by atoms with Crippen molar-refractivity contribution >= 4 is 6.03 Å². The van der Waals surface area contributed by atoms with E-state index in [0.29, 0.717) is 18.9 Å². The van der Waals surface area contributed by atoms with E-state index in [1.54, 1.807) is 23.4 Å². The van der Waals surface area contributed by atoms with E-state index in [1.165, 1.54) is 12.1 Å². The van der Waals surface area contributed by atoms with E-state index in [0.717, 1.165) is 18.7 Å². The van der Waals surface area contributed by atoms with E-state index >= 15 is 0 Å². The van der Waals surface area contributed by atoms with Gasteiger partial charge >= 0.3 is 6.03 Å². The Hall–Kier alpha value is -2.64. The summed E-state index contributed by atoms with van der Waals surface area (Å²) < 4.78 is 20.3. The molecule has 0 aliphatic carbocycles. The van der Waals surface area contributed by atoms with E-state index in [9.17, 15) is 9.18 Å². The van der Waals surface area contributed by atoms with Crippen LogP contribution >= 0.6 is 0 Å². The minimum Gasteiger partial charge on any atom is -0.491 e. The van der Waals surface area contributed by atoms with Gasteiger partial charge in [-0.25, -0.2) is 9.18 Å². The highest BCUT2D eigenvalue weighted by Gasteiger charge is 2.33. The lowest BCUT2D eigenvalue weighted by Crippen LogP contribution is -2.45. The predicted molar refractivity (Wildman–Crippen MR) is 89.6 cm³/mol. The number of rotatable bonds is 5. The van der Waals surface area contributed by atoms with Crippen LogP contribution in [0.4, 0.5) is 9.18 Å². The molecule has 1 aromatic heterocycles. The number of hydrogen-bond donors (Lipinski definition) is 1. The van der Waals surface area contributed by atoms with Crippen LogP contribution in [0.3, 0.4) is 0 Å². The van der Waals surface area contributed by atoms with Gasteiger partial charge in [0.15, 0.2) is 5.82 Å². The van der Waals surface area contributed by atoms with Crippen LogP contribution in [-0.4, -0.2) is 44.9 Å². The summed E-state index contributed by atoms with van der Waals surface area (Å²) in [5.74, 6) is 1.06. The summed E-state index contributed by atoms with van der Waals surface area (Å²) in [6.07, 6.45) is 3.45. The molecule has 25 heavy (non-hydrogen) atoms. The van der Waals surface area contributed by atoms with Crippen LogP contribution in [0, 0.1) is 5.82 Å². The van der Waals surface area contributed by atoms with E-state index in [-0.39, 0.29) is 23.9 Å². The van der Waals surface area contributed by atoms with E-state index in [2.05, 4.69) is 15.5 Å². The number of aryl methyl sites for hydroxylation is 1. The van der Waals surface area contributed by atoms with Crippen LogP contribution in [0.1, 0.15) is 31.6 Å². The minimum atomic E-state index is -0.308. The fraction of sp³-hybridized carbons (Fsp3) is 0.471. The smallest absolute Gasteiger partial charge is 0.318 e. The number of hydrogen-bond acceptors (Lipinski definition) is 4. The molecule has 2 aromatic rings. The summed E-state index contributed by atoms with van der Waals surface area (Å²) in [5, 5.41) is 11.0. The first-order chi connectivity index (χ1) is 12.0. The van der Waals surface area contributed by atoms with Gasteiger partial charge in [0, 0.05) is 13.6 Å². The van der Waals surface area contributed by atoms with Crippen molar-refractivity contribution in [1.29, 1.82) is 0 Å². The normalized spacial score (nSPS) is 18.2. The monoisotopic (exact) mass is 347 g/mol. The molecule has 1 N–H and O–H groups in total. The summed E-state index contributed by atoms with van der Waals surface area (Å²) in [6, 6.07) is 5.43. The van der Waals surface area contributed by atoms with Crippen molar-refractivity contribution in [2.75, 3.05) is 13.2 Å². The summed E-state index contributed by atoms with van der Waals surface area (Å²) in [6.45, 7) is 2.86. The van der Waals surface area contributed by atoms with Crippen molar-refractivity contribution in [3.05, 3.63) is 42.2 Å². The molecule has 1 aliphatic heterocycles. The van der Waals surface area contributed by atoms with Gasteiger partial charge in [0.1, 0.15) is 24.5 Å². The number of carbonyl (C=O) groups is 1. The topological polar surface area (TPSA) is 72.3 Å². The Morgan fingerprint density at radius 2 is 2.20 bits per heavy atom. The Kier molecular flexibility index (Phi) is 5.16. The number of nitrogens with zero attached hydrogens (tertiary/aromatic N) is 4. The molecule has 134 valence electrons. The van der Waals surface area contributed by atoms with Gasteiger partial charge in [-0.1, -0.05) is 0 Å². The van der Waals surface area contributed by atoms with Gasteiger partial charge in [0.05, 0.1) is 12.1 Å². The second kappa shape index (κ2) is 7.50. The van der Waals surface area contributed by atoms with Crippen molar-refractivity contribution in [2.45, 2.75) is 31.8 Å². The number of benzene rings is 1. The van der Waals surface area contributed by atoms with Gasteiger partial charge in [0.2, 0.25) is 0 Å². The maximum Gasteiger partial charge on any atom is 0.318 e. The molecule has 7 nitrogen and oxygen atoms in total. The summed E-state index contributed by atoms with van der Waals surface area (Å²) in [4.78, 5) is 14.4. The molecule has 1 fully saturated rings. The zero-order valence-electron chi connectivity index (χ0n) is 14.4. The minimum absolute atomic E-state index is 0.0577. The van der Waals surface area contributed by atoms with E-state index in [4.69, 9.17) is 4.74 Å². The maximum atomic E-state index is 12.9. The second-order valence-electron chi connectivity index (χ2n) is 6.27. The highest BCUT2D eigenvalue weighted by atomic mass is 19.1. The number of urea groups is 1. The van der Waals surface area contributed by atoms with Crippen LogP contribution in [0.5, 0.6) is 5.75 Å². The Morgan fingerprint density at radius 1 is 1.44 bits per heavy atom. The molecule has 1 aliphatic rings. The molecule has 0 spiro atoms. The second-order valence-corrected chi connectivity index (χ2v) is 6.27. The fourth-order valence-electron chi connectivity index (χ4n) is 2.96. The number of aromatic nitrogens is 3. The van der Waals surface area contributed by atoms with Crippen LogP contribution in [0.15, 0.2) is 30.6 Å². The highest BCUT2D eigenvalue weighted by Crippen LogP contribution is 2.30. The van der Waals surface area contributed by atoms with Crippen LogP contribution in [0.2, 0.25) is 0 Å². The van der Waals surface area contributed by atoms with Crippen molar-refractivity contribution in [3.63, 3.8) is 0 Å². The highest BCUT2D eigenvalue weighted by molar-refractivity contribution is 5.75. The molecule has 0 radical (unpaired) electrons. The Labute approximate surface area is 145 Å². The van der Waals surface area contributed by atoms with Gasteiger partial charge in [-0.2, -0.15) is 0 Å². The molecule has 1 aromatic carbocycles. The predicted octanol–water partition coefficient (Wildman–Crippen LogP) is 2.27. The van der Waals surface area contributed by atoms with Crippen LogP contribution in [-0.2, 0) is 7.05 Å². The molecule has 2 amide bonds. The average molecular weight is 347 g/mol. The quantitative estimate of drug-likeness (QED) is 0.901. The number of amides is 2. The van der Waals surface area contributed by atoms with Gasteiger partial charge in [-0.05, 0) is 44.0 Å². The SMILES string of the molecule is C[C@@H](COc1ccc(F)cc1)NC(=O)N1CCC[C@@H]1c1nncn1C. The van der Waals surface area contributed by atoms with Crippen molar-refractivity contribution in [2.24, 2.45) is 7.05 Å². The van der Waals surface area contributed by atoms with Crippen LogP contribution in [0.25, 0.3) is 0 Å². The molecule has 2 heterocycles. The first-order valence-electron chi connectivity index (χ1n) is 8.34. The molecular weight excluding hydrogens is 325 g/mol. The Bertz CT molecular complexity index is 718. The largest absolute Gasteiger partial charge is 0.491 e. The number of carbonyl (C=O) groups excluding carboxylic acids is 1. The Balaban J connectivity index is 1.54. The van der Waals surface area contributed by atoms with Gasteiger partial charge in [-0.15, -0.1) is 10.2 Å². The number of likely N-dealkylation sites (tertiary alicyclic amines) is 1. The number of halogens is 1. The molecule has 0 unspecified atom stereocenters. The molecular formula is C17H22FN5O2. The maximum absolute atomic E-state index is 12.9. The zero-order valence-corrected chi connectivity index (χ0v) is 14.4. The van der Waals surface area contributed by atoms with Crippen LogP contribution < -0.4 is 10.1 Å². The van der Waals surface area contributed by atoms with Gasteiger partial charge in [-0.3, -0.25) is 0 Å². The molecule has 3 rings (SSSR count). The number of nitrogens with one attached hydrogen (secondary N) is 1. The molecule has 0 bridgehead atoms. The first kappa shape index (κ1) is 17.2.